The molecule has 0 bridgehead atoms. The number of halogens is 3. The molecule has 5 rings (SSSR count). The molecule has 7 nitrogen and oxygen atoms in total. The van der Waals surface area contributed by atoms with Gasteiger partial charge >= 0.3 is 6.18 Å². The molecule has 196 valence electrons. The number of alkyl halides is 3. The Morgan fingerprint density at radius 1 is 1.05 bits per heavy atom. The van der Waals surface area contributed by atoms with Gasteiger partial charge in [-0.15, -0.1) is 11.8 Å². The molecule has 0 N–H and O–H groups in total. The van der Waals surface area contributed by atoms with E-state index in [4.69, 9.17) is 0 Å². The Balaban J connectivity index is 1.20. The van der Waals surface area contributed by atoms with E-state index in [2.05, 4.69) is 14.9 Å². The highest BCUT2D eigenvalue weighted by atomic mass is 32.2. The fourth-order valence-electron chi connectivity index (χ4n) is 5.28. The van der Waals surface area contributed by atoms with Crippen LogP contribution in [0.1, 0.15) is 30.4 Å². The number of likely N-dealkylation sites (N-methyl/N-ethyl adjacent to an activating group) is 1. The maximum Gasteiger partial charge on any atom is 0.416 e. The van der Waals surface area contributed by atoms with Crippen molar-refractivity contribution < 1.29 is 22.8 Å². The first-order valence-corrected chi connectivity index (χ1v) is 13.2. The summed E-state index contributed by atoms with van der Waals surface area (Å²) in [4.78, 5) is 41.2. The van der Waals surface area contributed by atoms with Crippen molar-refractivity contribution in [1.82, 2.24) is 19.8 Å². The lowest BCUT2D eigenvalue weighted by Crippen LogP contribution is -2.55. The van der Waals surface area contributed by atoms with E-state index in [9.17, 15) is 22.8 Å². The number of fused-ring (bicyclic) bond motifs is 1. The Morgan fingerprint density at radius 2 is 1.73 bits per heavy atom. The summed E-state index contributed by atoms with van der Waals surface area (Å²) in [6.45, 7) is 2.60. The number of piperazine rings is 1. The van der Waals surface area contributed by atoms with Gasteiger partial charge in [0.1, 0.15) is 0 Å². The van der Waals surface area contributed by atoms with Gasteiger partial charge in [-0.1, -0.05) is 12.1 Å². The molecule has 0 radical (unpaired) electrons. The number of hydrogen-bond donors (Lipinski definition) is 0. The number of rotatable bonds is 3. The minimum Gasteiger partial charge on any atom is -0.339 e. The molecule has 3 atom stereocenters. The van der Waals surface area contributed by atoms with Crippen molar-refractivity contribution in [2.75, 3.05) is 38.1 Å². The van der Waals surface area contributed by atoms with E-state index in [1.54, 1.807) is 36.5 Å². The minimum absolute atomic E-state index is 0.0519. The fraction of sp³-hybridized carbons (Fsp3) is 0.462. The zero-order valence-corrected chi connectivity index (χ0v) is 21.2. The van der Waals surface area contributed by atoms with Gasteiger partial charge in [0.2, 0.25) is 11.9 Å². The van der Waals surface area contributed by atoms with Gasteiger partial charge in [0.25, 0.3) is 5.91 Å². The average molecular weight is 532 g/mol. The molecule has 3 fully saturated rings. The van der Waals surface area contributed by atoms with Crippen molar-refractivity contribution in [3.05, 3.63) is 58.8 Å². The van der Waals surface area contributed by atoms with Gasteiger partial charge in [-0.25, -0.2) is 9.97 Å². The summed E-state index contributed by atoms with van der Waals surface area (Å²) in [6.07, 6.45) is 2.86. The Hall–Kier alpha value is -3.08. The van der Waals surface area contributed by atoms with Gasteiger partial charge in [-0.2, -0.15) is 13.2 Å². The topological polar surface area (TPSA) is 69.6 Å². The molecule has 2 aromatic rings. The number of hydrogen-bond acceptors (Lipinski definition) is 6. The number of nitrogens with zero attached hydrogens (tertiary/aromatic N) is 5. The third-order valence-electron chi connectivity index (χ3n) is 7.37. The van der Waals surface area contributed by atoms with Crippen LogP contribution in [-0.4, -0.2) is 76.1 Å². The number of thioether (sulfide) groups is 1. The summed E-state index contributed by atoms with van der Waals surface area (Å²) >= 11 is 1.48. The van der Waals surface area contributed by atoms with E-state index in [1.807, 2.05) is 4.90 Å². The van der Waals surface area contributed by atoms with E-state index in [1.165, 1.54) is 23.9 Å². The van der Waals surface area contributed by atoms with E-state index in [0.717, 1.165) is 25.0 Å². The molecular weight excluding hydrogens is 503 g/mol. The third-order valence-corrected chi connectivity index (χ3v) is 8.77. The molecule has 2 amide bonds. The lowest BCUT2D eigenvalue weighted by Gasteiger charge is -2.45. The van der Waals surface area contributed by atoms with Crippen molar-refractivity contribution in [1.29, 1.82) is 0 Å². The van der Waals surface area contributed by atoms with Gasteiger partial charge in [-0.3, -0.25) is 9.59 Å². The second-order valence-corrected chi connectivity index (χ2v) is 10.9. The molecule has 3 unspecified atom stereocenters. The standard InChI is InChI=1S/C26H28F3N5O2S/c1-32-20-16-18(23(35)33-11-13-34(14-12-33)25-30-9-2-10-31-25)5-8-21(20)37-22(24(32)36)15-17-3-6-19(7-4-17)26(27,28)29/h2-4,6-7,9-10,15,18,20-21H,5,8,11-14,16H2,1H3/b22-15+. The predicted octanol–water partition coefficient (Wildman–Crippen LogP) is 3.93. The SMILES string of the molecule is CN1C(=O)/C(=C\c2ccc(C(F)(F)F)cc2)SC2CCC(C(=O)N3CCN(c4ncccn4)CC3)CC21. The number of carbonyl (C=O) groups is 2. The van der Waals surface area contributed by atoms with Crippen molar-refractivity contribution in [2.24, 2.45) is 5.92 Å². The van der Waals surface area contributed by atoms with Crippen LogP contribution in [0.25, 0.3) is 6.08 Å². The molecule has 0 spiro atoms. The molecule has 1 aromatic carbocycles. The van der Waals surface area contributed by atoms with Gasteiger partial charge in [0, 0.05) is 62.8 Å². The molecule has 1 aromatic heterocycles. The summed E-state index contributed by atoms with van der Waals surface area (Å²) < 4.78 is 38.6. The third kappa shape index (κ3) is 5.46. The summed E-state index contributed by atoms with van der Waals surface area (Å²) in [7, 11) is 1.76. The van der Waals surface area contributed by atoms with Crippen LogP contribution in [-0.2, 0) is 15.8 Å². The van der Waals surface area contributed by atoms with Gasteiger partial charge < -0.3 is 14.7 Å². The number of amides is 2. The van der Waals surface area contributed by atoms with Gasteiger partial charge in [0.05, 0.1) is 10.5 Å². The number of benzene rings is 1. The lowest BCUT2D eigenvalue weighted by molar-refractivity contribution is -0.139. The predicted molar refractivity (Wildman–Crippen MR) is 136 cm³/mol. The number of anilines is 1. The van der Waals surface area contributed by atoms with Gasteiger partial charge in [-0.05, 0) is 49.1 Å². The first-order chi connectivity index (χ1) is 17.7. The largest absolute Gasteiger partial charge is 0.416 e. The normalized spacial score (nSPS) is 25.8. The molecule has 1 saturated carbocycles. The Labute approximate surface area is 217 Å². The quantitative estimate of drug-likeness (QED) is 0.560. The molecule has 2 saturated heterocycles. The summed E-state index contributed by atoms with van der Waals surface area (Å²) in [6, 6.07) is 6.55. The number of aromatic nitrogens is 2. The zero-order chi connectivity index (χ0) is 26.2. The van der Waals surface area contributed by atoms with Crippen molar-refractivity contribution in [2.45, 2.75) is 36.7 Å². The van der Waals surface area contributed by atoms with Crippen molar-refractivity contribution >= 4 is 35.6 Å². The highest BCUT2D eigenvalue weighted by molar-refractivity contribution is 8.04. The van der Waals surface area contributed by atoms with Crippen LogP contribution in [0.5, 0.6) is 0 Å². The van der Waals surface area contributed by atoms with Crippen LogP contribution in [0.15, 0.2) is 47.6 Å². The second-order valence-electron chi connectivity index (χ2n) is 9.64. The Bertz CT molecular complexity index is 1170. The monoisotopic (exact) mass is 531 g/mol. The maximum absolute atomic E-state index is 13.3. The van der Waals surface area contributed by atoms with Crippen LogP contribution in [0.4, 0.5) is 19.1 Å². The molecule has 3 heterocycles. The van der Waals surface area contributed by atoms with Crippen LogP contribution in [0.2, 0.25) is 0 Å². The minimum atomic E-state index is -4.39. The van der Waals surface area contributed by atoms with Crippen LogP contribution >= 0.6 is 11.8 Å². The molecular formula is C26H28F3N5O2S. The average Bonchev–Trinajstić information content (AvgIpc) is 2.91. The molecule has 1 aliphatic carbocycles. The molecule has 2 aliphatic heterocycles. The molecule has 11 heteroatoms. The molecule has 37 heavy (non-hydrogen) atoms. The van der Waals surface area contributed by atoms with Crippen LogP contribution in [0.3, 0.4) is 0 Å². The molecule has 3 aliphatic rings. The maximum atomic E-state index is 13.3. The van der Waals surface area contributed by atoms with Gasteiger partial charge in [0.15, 0.2) is 0 Å². The van der Waals surface area contributed by atoms with Crippen molar-refractivity contribution in [3.8, 4) is 0 Å². The lowest BCUT2D eigenvalue weighted by atomic mass is 9.83. The first kappa shape index (κ1) is 25.6. The fourth-order valence-corrected chi connectivity index (χ4v) is 6.76. The Kier molecular flexibility index (Phi) is 7.15. The Morgan fingerprint density at radius 3 is 2.38 bits per heavy atom. The van der Waals surface area contributed by atoms with Crippen LogP contribution in [0, 0.1) is 5.92 Å². The smallest absolute Gasteiger partial charge is 0.339 e. The summed E-state index contributed by atoms with van der Waals surface area (Å²) in [5.74, 6) is 0.534. The van der Waals surface area contributed by atoms with E-state index in [0.29, 0.717) is 49.0 Å². The van der Waals surface area contributed by atoms with Crippen LogP contribution < -0.4 is 4.90 Å². The first-order valence-electron chi connectivity index (χ1n) is 12.3. The summed E-state index contributed by atoms with van der Waals surface area (Å²) in [5, 5.41) is 0.152. The van der Waals surface area contributed by atoms with Crippen molar-refractivity contribution in [3.63, 3.8) is 0 Å². The van der Waals surface area contributed by atoms with E-state index < -0.39 is 11.7 Å². The second kappa shape index (κ2) is 10.4. The number of carbonyl (C=O) groups excluding carboxylic acids is 2. The van der Waals surface area contributed by atoms with E-state index in [-0.39, 0.29) is 29.0 Å². The highest BCUT2D eigenvalue weighted by Gasteiger charge is 2.44. The zero-order valence-electron chi connectivity index (χ0n) is 20.4. The van der Waals surface area contributed by atoms with E-state index >= 15 is 0 Å². The highest BCUT2D eigenvalue weighted by Crippen LogP contribution is 2.43. The summed E-state index contributed by atoms with van der Waals surface area (Å²) in [5.41, 5.74) is -0.160.